The summed E-state index contributed by atoms with van der Waals surface area (Å²) in [6, 6.07) is 0. The van der Waals surface area contributed by atoms with Gasteiger partial charge in [0.25, 0.3) is 0 Å². The summed E-state index contributed by atoms with van der Waals surface area (Å²) >= 11 is -2.55. The Morgan fingerprint density at radius 3 is 2.70 bits per heavy atom. The zero-order chi connectivity index (χ0) is 16.1. The third-order valence-electron chi connectivity index (χ3n) is 5.78. The van der Waals surface area contributed by atoms with E-state index in [1.807, 2.05) is 0 Å². The predicted octanol–water partition coefficient (Wildman–Crippen LogP) is 6.90. The SMILES string of the molecule is CCC1=C2CCC3=C(C4=CC=CC4)C=CC(=C2C3C)[CH]1[Hf]([Cl])[Cl]. The van der Waals surface area contributed by atoms with Crippen LogP contribution in [0.25, 0.3) is 0 Å². The average molecular weight is 511 g/mol. The second-order valence-corrected chi connectivity index (χ2v) is 19.2. The van der Waals surface area contributed by atoms with Gasteiger partial charge >= 0.3 is 155 Å². The first kappa shape index (κ1) is 16.4. The van der Waals surface area contributed by atoms with Gasteiger partial charge in [-0.2, -0.15) is 0 Å². The molecule has 1 fully saturated rings. The van der Waals surface area contributed by atoms with Gasteiger partial charge in [0, 0.05) is 0 Å². The molecule has 23 heavy (non-hydrogen) atoms. The fourth-order valence-corrected chi connectivity index (χ4v) is 12.9. The molecular weight excluding hydrogens is 490 g/mol. The molecule has 4 aliphatic carbocycles. The minimum atomic E-state index is -2.55. The van der Waals surface area contributed by atoms with Crippen LogP contribution in [-0.4, -0.2) is 0 Å². The predicted molar refractivity (Wildman–Crippen MR) is 96.2 cm³/mol. The van der Waals surface area contributed by atoms with Crippen LogP contribution in [0, 0.1) is 5.92 Å². The summed E-state index contributed by atoms with van der Waals surface area (Å²) in [6.45, 7) is 4.66. The van der Waals surface area contributed by atoms with Crippen LogP contribution in [0.5, 0.6) is 0 Å². The third-order valence-corrected chi connectivity index (χ3v) is 13.3. The van der Waals surface area contributed by atoms with Crippen LogP contribution in [0.4, 0.5) is 0 Å². The Hall–Kier alpha value is -0.110. The summed E-state index contributed by atoms with van der Waals surface area (Å²) < 4.78 is 0.395. The number of fused-ring (bicyclic) bond motifs is 1. The molecule has 4 rings (SSSR count). The van der Waals surface area contributed by atoms with E-state index in [2.05, 4.69) is 44.2 Å². The van der Waals surface area contributed by atoms with Crippen LogP contribution in [0.3, 0.4) is 0 Å². The minimum absolute atomic E-state index is 0.395. The van der Waals surface area contributed by atoms with Gasteiger partial charge in [0.05, 0.1) is 0 Å². The number of halogens is 2. The summed E-state index contributed by atoms with van der Waals surface area (Å²) in [5, 5.41) is 0. The van der Waals surface area contributed by atoms with Crippen LogP contribution in [0.15, 0.2) is 69.4 Å². The molecule has 4 aliphatic rings. The fourth-order valence-electron chi connectivity index (χ4n) is 4.78. The molecule has 0 amide bonds. The van der Waals surface area contributed by atoms with Crippen molar-refractivity contribution in [1.82, 2.24) is 0 Å². The average Bonchev–Trinajstić information content (AvgIpc) is 3.14. The number of hydrogen-bond acceptors (Lipinski definition) is 0. The molecule has 0 aromatic heterocycles. The van der Waals surface area contributed by atoms with Crippen LogP contribution in [0.1, 0.15) is 39.5 Å². The normalized spacial score (nSPS) is 28.8. The molecule has 0 spiro atoms. The van der Waals surface area contributed by atoms with Gasteiger partial charge in [-0.25, -0.2) is 0 Å². The Morgan fingerprint density at radius 1 is 1.22 bits per heavy atom. The van der Waals surface area contributed by atoms with E-state index in [4.69, 9.17) is 17.2 Å². The van der Waals surface area contributed by atoms with Gasteiger partial charge in [-0.05, 0) is 0 Å². The molecule has 0 aromatic rings. The van der Waals surface area contributed by atoms with Gasteiger partial charge in [-0.1, -0.05) is 0 Å². The molecule has 0 nitrogen and oxygen atoms in total. The van der Waals surface area contributed by atoms with Crippen molar-refractivity contribution in [2.45, 2.75) is 43.2 Å². The van der Waals surface area contributed by atoms with Crippen molar-refractivity contribution in [2.75, 3.05) is 0 Å². The van der Waals surface area contributed by atoms with Gasteiger partial charge in [-0.3, -0.25) is 0 Å². The Morgan fingerprint density at radius 2 is 2.04 bits per heavy atom. The number of rotatable bonds is 3. The van der Waals surface area contributed by atoms with E-state index in [1.165, 1.54) is 29.6 Å². The topological polar surface area (TPSA) is 0 Å². The van der Waals surface area contributed by atoms with Gasteiger partial charge in [0.15, 0.2) is 0 Å². The molecule has 2 atom stereocenters. The van der Waals surface area contributed by atoms with Crippen LogP contribution >= 0.6 is 17.2 Å². The molecule has 3 heteroatoms. The maximum absolute atomic E-state index is 6.62. The van der Waals surface area contributed by atoms with Crippen molar-refractivity contribution < 1.29 is 19.1 Å². The van der Waals surface area contributed by atoms with Crippen LogP contribution in [-0.2, 0) is 19.1 Å². The second kappa shape index (κ2) is 6.32. The molecule has 0 N–H and O–H groups in total. The van der Waals surface area contributed by atoms with Crippen molar-refractivity contribution in [1.29, 1.82) is 0 Å². The van der Waals surface area contributed by atoms with E-state index >= 15 is 0 Å². The van der Waals surface area contributed by atoms with E-state index in [0.29, 0.717) is 9.59 Å². The van der Waals surface area contributed by atoms with Gasteiger partial charge < -0.3 is 0 Å². The Labute approximate surface area is 154 Å². The van der Waals surface area contributed by atoms with E-state index in [1.54, 1.807) is 22.3 Å². The number of allylic oxidation sites excluding steroid dienone is 12. The summed E-state index contributed by atoms with van der Waals surface area (Å²) in [7, 11) is 13.2. The molecule has 1 saturated carbocycles. The first-order valence-electron chi connectivity index (χ1n) is 8.54. The maximum atomic E-state index is 6.62. The van der Waals surface area contributed by atoms with Crippen molar-refractivity contribution in [3.8, 4) is 0 Å². The van der Waals surface area contributed by atoms with E-state index in [-0.39, 0.29) is 0 Å². The van der Waals surface area contributed by atoms with Crippen molar-refractivity contribution >= 4 is 17.2 Å². The quantitative estimate of drug-likeness (QED) is 0.362. The molecule has 2 bridgehead atoms. The molecule has 0 saturated heterocycles. The molecule has 2 unspecified atom stereocenters. The molecule has 0 radical (unpaired) electrons. The van der Waals surface area contributed by atoms with Crippen LogP contribution in [0.2, 0.25) is 3.67 Å². The number of hydrogen-bond donors (Lipinski definition) is 0. The molecule has 0 heterocycles. The zero-order valence-electron chi connectivity index (χ0n) is 13.6. The summed E-state index contributed by atoms with van der Waals surface area (Å²) in [6.07, 6.45) is 16.0. The van der Waals surface area contributed by atoms with Gasteiger partial charge in [-0.15, -0.1) is 0 Å². The molecule has 0 aliphatic heterocycles. The van der Waals surface area contributed by atoms with E-state index in [0.717, 1.165) is 12.8 Å². The van der Waals surface area contributed by atoms with Gasteiger partial charge in [0.2, 0.25) is 0 Å². The monoisotopic (exact) mass is 511 g/mol. The zero-order valence-corrected chi connectivity index (χ0v) is 18.7. The Bertz CT molecular complexity index is 744. The van der Waals surface area contributed by atoms with Gasteiger partial charge in [0.1, 0.15) is 0 Å². The summed E-state index contributed by atoms with van der Waals surface area (Å²) in [4.78, 5) is 0. The standard InChI is InChI=1S/C20H21.2ClH.Hf/c1-3-14-12-16-8-9-18(15-6-4-5-7-15)17-10-11-19(14)20(16)13(17)2;;;/h4-6,8-9,12-13H,3,7,10-11H2,1-2H3;2*1H;/q;;;+2/p-2. The molecule has 0 aromatic carbocycles. The van der Waals surface area contributed by atoms with Crippen molar-refractivity contribution in [3.63, 3.8) is 0 Å². The van der Waals surface area contributed by atoms with Crippen molar-refractivity contribution in [3.05, 3.63) is 69.4 Å². The van der Waals surface area contributed by atoms with Crippen molar-refractivity contribution in [2.24, 2.45) is 5.92 Å². The Balaban J connectivity index is 1.87. The molecular formula is C20H21Cl2Hf. The second-order valence-electron chi connectivity index (χ2n) is 6.77. The fraction of sp³-hybridized carbons (Fsp3) is 0.400. The Kier molecular flexibility index (Phi) is 4.49. The first-order valence-corrected chi connectivity index (χ1v) is 19.5. The first-order chi connectivity index (χ1) is 11.1. The molecule has 119 valence electrons. The van der Waals surface area contributed by atoms with E-state index < -0.39 is 19.1 Å². The van der Waals surface area contributed by atoms with E-state index in [9.17, 15) is 0 Å². The third kappa shape index (κ3) is 2.50. The van der Waals surface area contributed by atoms with Crippen LogP contribution < -0.4 is 0 Å². The summed E-state index contributed by atoms with van der Waals surface area (Å²) in [5.41, 5.74) is 10.8. The summed E-state index contributed by atoms with van der Waals surface area (Å²) in [5.74, 6) is 0.519.